The van der Waals surface area contributed by atoms with Crippen molar-refractivity contribution >= 4 is 17.5 Å². The van der Waals surface area contributed by atoms with Gasteiger partial charge in [-0.15, -0.1) is 0 Å². The maximum absolute atomic E-state index is 13.5. The predicted octanol–water partition coefficient (Wildman–Crippen LogP) is 3.94. The van der Waals surface area contributed by atoms with Crippen molar-refractivity contribution in [2.75, 3.05) is 46.3 Å². The van der Waals surface area contributed by atoms with E-state index in [2.05, 4.69) is 29.0 Å². The second-order valence-corrected chi connectivity index (χ2v) is 9.90. The summed E-state index contributed by atoms with van der Waals surface area (Å²) in [6.07, 6.45) is 2.90. The molecule has 10 heteroatoms. The van der Waals surface area contributed by atoms with Crippen LogP contribution in [0.1, 0.15) is 40.3 Å². The van der Waals surface area contributed by atoms with Crippen LogP contribution in [-0.2, 0) is 11.3 Å². The average molecular weight is 537 g/mol. The van der Waals surface area contributed by atoms with Crippen LogP contribution in [0.25, 0.3) is 0 Å². The number of likely N-dealkylation sites (N-methyl/N-ethyl adjacent to an activating group) is 1. The number of amides is 2. The number of fused-ring (bicyclic) bond motifs is 1. The number of methoxy groups -OCH3 is 2. The lowest BCUT2D eigenvalue weighted by atomic mass is 10.0. The monoisotopic (exact) mass is 536 g/mol. The molecule has 1 aliphatic heterocycles. The van der Waals surface area contributed by atoms with E-state index < -0.39 is 0 Å². The summed E-state index contributed by atoms with van der Waals surface area (Å²) in [4.78, 5) is 34.5. The highest BCUT2D eigenvalue weighted by molar-refractivity contribution is 6.05. The summed E-state index contributed by atoms with van der Waals surface area (Å²) >= 11 is 0. The van der Waals surface area contributed by atoms with Gasteiger partial charge in [-0.3, -0.25) is 14.5 Å². The Labute approximate surface area is 228 Å². The molecule has 4 rings (SSSR count). The largest absolute Gasteiger partial charge is 0.497 e. The van der Waals surface area contributed by atoms with Crippen LogP contribution in [0, 0.1) is 5.92 Å². The third-order valence-electron chi connectivity index (χ3n) is 7.03. The van der Waals surface area contributed by atoms with Gasteiger partial charge in [0, 0.05) is 57.2 Å². The van der Waals surface area contributed by atoms with E-state index in [1.165, 1.54) is 6.39 Å². The molecule has 2 heterocycles. The predicted molar refractivity (Wildman–Crippen MR) is 146 cm³/mol. The number of hydrogen-bond donors (Lipinski definition) is 1. The van der Waals surface area contributed by atoms with E-state index in [0.29, 0.717) is 54.6 Å². The Bertz CT molecular complexity index is 1250. The van der Waals surface area contributed by atoms with E-state index in [1.54, 1.807) is 74.9 Å². The Balaban J connectivity index is 1.61. The molecule has 0 saturated heterocycles. The summed E-state index contributed by atoms with van der Waals surface area (Å²) in [5.74, 6) is 0.738. The van der Waals surface area contributed by atoms with E-state index in [-0.39, 0.29) is 29.9 Å². The lowest BCUT2D eigenvalue weighted by Crippen LogP contribution is -2.46. The molecule has 3 aromatic rings. The standard InChI is InChI=1S/C29H36N4O6/c1-19-13-33(14-23-17-38-18-30-23)20(2)16-39-26-12-22(31-28(34)21-6-9-24(36-4)10-7-21)8-11-25(26)29(35)32(3)15-27(19)37-5/h6-12,17-20,27H,13-16H2,1-5H3,(H,31,34)/t19-,20-,27-/m1/s1. The van der Waals surface area contributed by atoms with Gasteiger partial charge in [0.05, 0.1) is 24.5 Å². The normalized spacial score (nSPS) is 20.8. The molecule has 3 atom stereocenters. The highest BCUT2D eigenvalue weighted by atomic mass is 16.5. The van der Waals surface area contributed by atoms with Crippen molar-refractivity contribution in [1.82, 2.24) is 14.8 Å². The topological polar surface area (TPSA) is 106 Å². The van der Waals surface area contributed by atoms with Gasteiger partial charge in [0.1, 0.15) is 24.4 Å². The number of hydrogen-bond acceptors (Lipinski definition) is 8. The molecule has 1 N–H and O–H groups in total. The van der Waals surface area contributed by atoms with E-state index in [9.17, 15) is 9.59 Å². The van der Waals surface area contributed by atoms with Crippen molar-refractivity contribution in [3.63, 3.8) is 0 Å². The lowest BCUT2D eigenvalue weighted by Gasteiger charge is -2.35. The van der Waals surface area contributed by atoms with E-state index in [1.807, 2.05) is 0 Å². The third-order valence-corrected chi connectivity index (χ3v) is 7.03. The number of nitrogens with one attached hydrogen (secondary N) is 1. The van der Waals surface area contributed by atoms with Crippen LogP contribution >= 0.6 is 0 Å². The van der Waals surface area contributed by atoms with Crippen LogP contribution in [0.5, 0.6) is 11.5 Å². The molecule has 0 bridgehead atoms. The first-order valence-corrected chi connectivity index (χ1v) is 12.9. The summed E-state index contributed by atoms with van der Waals surface area (Å²) in [5.41, 5.74) is 2.24. The van der Waals surface area contributed by atoms with Gasteiger partial charge in [0.2, 0.25) is 0 Å². The molecular weight excluding hydrogens is 500 g/mol. The van der Waals surface area contributed by atoms with Crippen molar-refractivity contribution in [2.45, 2.75) is 32.5 Å². The van der Waals surface area contributed by atoms with Crippen LogP contribution in [-0.4, -0.2) is 79.7 Å². The van der Waals surface area contributed by atoms with Crippen molar-refractivity contribution in [1.29, 1.82) is 0 Å². The molecule has 2 amide bonds. The van der Waals surface area contributed by atoms with Gasteiger partial charge in [-0.05, 0) is 49.2 Å². The number of oxazole rings is 1. The van der Waals surface area contributed by atoms with Crippen LogP contribution in [0.2, 0.25) is 0 Å². The number of carbonyl (C=O) groups is 2. The summed E-state index contributed by atoms with van der Waals surface area (Å²) in [6, 6.07) is 11.9. The molecule has 1 aliphatic rings. The minimum atomic E-state index is -0.279. The fourth-order valence-electron chi connectivity index (χ4n) is 4.61. The molecule has 208 valence electrons. The molecule has 2 aromatic carbocycles. The number of benzene rings is 2. The van der Waals surface area contributed by atoms with Crippen molar-refractivity contribution in [3.8, 4) is 11.5 Å². The third kappa shape index (κ3) is 6.96. The van der Waals surface area contributed by atoms with Crippen LogP contribution in [0.4, 0.5) is 5.69 Å². The number of aromatic nitrogens is 1. The van der Waals surface area contributed by atoms with Crippen molar-refractivity contribution in [3.05, 3.63) is 71.9 Å². The second-order valence-electron chi connectivity index (χ2n) is 9.90. The summed E-state index contributed by atoms with van der Waals surface area (Å²) in [6.45, 7) is 6.22. The Morgan fingerprint density at radius 3 is 2.56 bits per heavy atom. The van der Waals surface area contributed by atoms with Gasteiger partial charge in [0.25, 0.3) is 11.8 Å². The molecule has 0 aliphatic carbocycles. The Morgan fingerprint density at radius 1 is 1.13 bits per heavy atom. The van der Waals surface area contributed by atoms with Crippen LogP contribution < -0.4 is 14.8 Å². The number of anilines is 1. The van der Waals surface area contributed by atoms with Crippen molar-refractivity contribution < 1.29 is 28.2 Å². The maximum atomic E-state index is 13.5. The van der Waals surface area contributed by atoms with Gasteiger partial charge in [0.15, 0.2) is 6.39 Å². The number of nitrogens with zero attached hydrogens (tertiary/aromatic N) is 3. The molecule has 0 saturated carbocycles. The van der Waals surface area contributed by atoms with Gasteiger partial charge in [-0.25, -0.2) is 4.98 Å². The molecular formula is C29H36N4O6. The average Bonchev–Trinajstić information content (AvgIpc) is 3.46. The first-order valence-electron chi connectivity index (χ1n) is 12.9. The molecule has 0 spiro atoms. The maximum Gasteiger partial charge on any atom is 0.257 e. The first-order chi connectivity index (χ1) is 18.8. The van der Waals surface area contributed by atoms with Gasteiger partial charge < -0.3 is 28.8 Å². The van der Waals surface area contributed by atoms with Crippen molar-refractivity contribution in [2.24, 2.45) is 5.92 Å². The smallest absolute Gasteiger partial charge is 0.257 e. The Hall–Kier alpha value is -3.89. The SMILES string of the molecule is COc1ccc(C(=O)Nc2ccc3c(c2)OC[C@@H](C)N(Cc2cocn2)C[C@@H](C)[C@H](OC)CN(C)C3=O)cc1. The summed E-state index contributed by atoms with van der Waals surface area (Å²) in [5, 5.41) is 2.90. The molecule has 0 fully saturated rings. The molecule has 0 unspecified atom stereocenters. The molecule has 39 heavy (non-hydrogen) atoms. The summed E-state index contributed by atoms with van der Waals surface area (Å²) < 4.78 is 22.4. The van der Waals surface area contributed by atoms with Gasteiger partial charge in [-0.2, -0.15) is 0 Å². The zero-order chi connectivity index (χ0) is 27.9. The zero-order valence-corrected chi connectivity index (χ0v) is 23.0. The Morgan fingerprint density at radius 2 is 1.90 bits per heavy atom. The van der Waals surface area contributed by atoms with Gasteiger partial charge in [-0.1, -0.05) is 6.92 Å². The zero-order valence-electron chi connectivity index (χ0n) is 23.0. The highest BCUT2D eigenvalue weighted by Gasteiger charge is 2.29. The summed E-state index contributed by atoms with van der Waals surface area (Å²) in [7, 11) is 5.00. The van der Waals surface area contributed by atoms with Crippen LogP contribution in [0.3, 0.4) is 0 Å². The second kappa shape index (κ2) is 12.8. The molecule has 10 nitrogen and oxygen atoms in total. The number of carbonyl (C=O) groups excluding carboxylic acids is 2. The number of rotatable bonds is 6. The Kier molecular flexibility index (Phi) is 9.21. The minimum Gasteiger partial charge on any atom is -0.497 e. The molecule has 0 radical (unpaired) electrons. The minimum absolute atomic E-state index is 0.0145. The first kappa shape index (κ1) is 28.1. The quantitative estimate of drug-likeness (QED) is 0.505. The fourth-order valence-corrected chi connectivity index (χ4v) is 4.61. The molecule has 1 aromatic heterocycles. The number of ether oxygens (including phenoxy) is 3. The van der Waals surface area contributed by atoms with E-state index in [0.717, 1.165) is 5.69 Å². The highest BCUT2D eigenvalue weighted by Crippen LogP contribution is 2.27. The fraction of sp³-hybridized carbons (Fsp3) is 0.414. The van der Waals surface area contributed by atoms with E-state index in [4.69, 9.17) is 18.6 Å². The lowest BCUT2D eigenvalue weighted by molar-refractivity contribution is 0.00900. The van der Waals surface area contributed by atoms with Gasteiger partial charge >= 0.3 is 0 Å². The van der Waals surface area contributed by atoms with Crippen LogP contribution in [0.15, 0.2) is 59.5 Å². The van der Waals surface area contributed by atoms with E-state index >= 15 is 0 Å².